The van der Waals surface area contributed by atoms with Crippen molar-refractivity contribution in [2.24, 2.45) is 0 Å². The molecule has 8 nitrogen and oxygen atoms in total. The summed E-state index contributed by atoms with van der Waals surface area (Å²) in [7, 11) is 1.59. The molecular weight excluding hydrogens is 426 g/mol. The summed E-state index contributed by atoms with van der Waals surface area (Å²) in [4.78, 5) is 29.7. The first-order chi connectivity index (χ1) is 13.5. The third-order valence-corrected chi connectivity index (χ3v) is 5.55. The smallest absolute Gasteiger partial charge is 0.410 e. The Morgan fingerprint density at radius 2 is 2.04 bits per heavy atom. The third kappa shape index (κ3) is 3.99. The fourth-order valence-corrected chi connectivity index (χ4v) is 3.83. The van der Waals surface area contributed by atoms with Crippen LogP contribution >= 0.6 is 15.9 Å². The molecule has 2 unspecified atom stereocenters. The quantitative estimate of drug-likeness (QED) is 0.641. The van der Waals surface area contributed by atoms with E-state index >= 15 is 0 Å². The van der Waals surface area contributed by atoms with Gasteiger partial charge in [0.1, 0.15) is 17.5 Å². The molecule has 1 saturated heterocycles. The average molecular weight is 452 g/mol. The lowest BCUT2D eigenvalue weighted by Crippen LogP contribution is -2.58. The van der Waals surface area contributed by atoms with Gasteiger partial charge in [0.05, 0.1) is 23.7 Å². The molecular formula is C19H26BrN5O3. The molecule has 1 aliphatic heterocycles. The Balaban J connectivity index is 1.88. The lowest BCUT2D eigenvalue weighted by atomic mass is 10.1. The van der Waals surface area contributed by atoms with Crippen molar-refractivity contribution in [1.82, 2.24) is 19.9 Å². The molecule has 0 spiro atoms. The highest BCUT2D eigenvalue weighted by Gasteiger charge is 2.35. The van der Waals surface area contributed by atoms with Crippen molar-refractivity contribution in [3.63, 3.8) is 0 Å². The van der Waals surface area contributed by atoms with Crippen LogP contribution < -0.4 is 9.64 Å². The zero-order chi connectivity index (χ0) is 20.3. The second-order valence-electron chi connectivity index (χ2n) is 7.01. The van der Waals surface area contributed by atoms with E-state index in [2.05, 4.69) is 49.6 Å². The topological polar surface area (TPSA) is 80.7 Å². The maximum atomic E-state index is 12.5. The number of aromatic nitrogens is 3. The van der Waals surface area contributed by atoms with Crippen LogP contribution in [0.2, 0.25) is 0 Å². The number of nitrogens with zero attached hydrogens (tertiary/aromatic N) is 5. The van der Waals surface area contributed by atoms with E-state index in [0.29, 0.717) is 25.6 Å². The number of anilines is 1. The van der Waals surface area contributed by atoms with Gasteiger partial charge in [-0.3, -0.25) is 0 Å². The molecule has 2 aromatic rings. The van der Waals surface area contributed by atoms with Gasteiger partial charge in [0.15, 0.2) is 0 Å². The number of carbonyl (C=O) groups is 1. The number of rotatable bonds is 5. The molecule has 2 atom stereocenters. The zero-order valence-electron chi connectivity index (χ0n) is 16.7. The predicted molar refractivity (Wildman–Crippen MR) is 111 cm³/mol. The standard InChI is InChI=1S/C19H26BrN5O3/c1-5-6-7-28-19(26)25-10-12(2)24(9-13(25)3)17-15-16(22-11-23-17)14(20)8-21-18(15)27-4/h8,11-13H,5-7,9-10H2,1-4H3. The van der Waals surface area contributed by atoms with E-state index in [1.165, 1.54) is 0 Å². The molecule has 0 N–H and O–H groups in total. The van der Waals surface area contributed by atoms with Crippen LogP contribution in [0.4, 0.5) is 10.6 Å². The van der Waals surface area contributed by atoms with Crippen LogP contribution in [0.15, 0.2) is 17.0 Å². The largest absolute Gasteiger partial charge is 0.480 e. The number of pyridine rings is 1. The summed E-state index contributed by atoms with van der Waals surface area (Å²) >= 11 is 3.51. The summed E-state index contributed by atoms with van der Waals surface area (Å²) in [6, 6.07) is 0.0400. The lowest BCUT2D eigenvalue weighted by molar-refractivity contribution is 0.0781. The summed E-state index contributed by atoms with van der Waals surface area (Å²) in [6.45, 7) is 7.82. The average Bonchev–Trinajstić information content (AvgIpc) is 2.69. The second-order valence-corrected chi connectivity index (χ2v) is 7.86. The van der Waals surface area contributed by atoms with Gasteiger partial charge in [-0.05, 0) is 36.2 Å². The predicted octanol–water partition coefficient (Wildman–Crippen LogP) is 3.63. The third-order valence-electron chi connectivity index (χ3n) is 4.97. The van der Waals surface area contributed by atoms with E-state index in [4.69, 9.17) is 9.47 Å². The van der Waals surface area contributed by atoms with Gasteiger partial charge in [-0.25, -0.2) is 19.7 Å². The van der Waals surface area contributed by atoms with E-state index < -0.39 is 0 Å². The SMILES string of the molecule is CCCCOC(=O)N1CC(C)N(c2ncnc3c(Br)cnc(OC)c23)CC1C. The van der Waals surface area contributed by atoms with Crippen molar-refractivity contribution in [2.45, 2.75) is 45.7 Å². The molecule has 9 heteroatoms. The fourth-order valence-electron chi connectivity index (χ4n) is 3.43. The first-order valence-electron chi connectivity index (χ1n) is 9.51. The van der Waals surface area contributed by atoms with Gasteiger partial charge in [-0.1, -0.05) is 13.3 Å². The van der Waals surface area contributed by atoms with Crippen LogP contribution in [-0.2, 0) is 4.74 Å². The van der Waals surface area contributed by atoms with Gasteiger partial charge in [-0.2, -0.15) is 0 Å². The number of methoxy groups -OCH3 is 1. The second kappa shape index (κ2) is 8.89. The Hall–Kier alpha value is -2.16. The van der Waals surface area contributed by atoms with Gasteiger partial charge in [0.25, 0.3) is 0 Å². The first-order valence-corrected chi connectivity index (χ1v) is 10.3. The van der Waals surface area contributed by atoms with Crippen molar-refractivity contribution in [1.29, 1.82) is 0 Å². The molecule has 3 rings (SSSR count). The molecule has 152 valence electrons. The Morgan fingerprint density at radius 3 is 2.75 bits per heavy atom. The molecule has 3 heterocycles. The van der Waals surface area contributed by atoms with Crippen LogP contribution in [0.1, 0.15) is 33.6 Å². The number of hydrogen-bond acceptors (Lipinski definition) is 7. The number of ether oxygens (including phenoxy) is 2. The zero-order valence-corrected chi connectivity index (χ0v) is 18.3. The van der Waals surface area contributed by atoms with Crippen molar-refractivity contribution in [3.05, 3.63) is 17.0 Å². The fraction of sp³-hybridized carbons (Fsp3) is 0.579. The monoisotopic (exact) mass is 451 g/mol. The van der Waals surface area contributed by atoms with Crippen LogP contribution in [0.25, 0.3) is 10.9 Å². The van der Waals surface area contributed by atoms with Crippen LogP contribution in [-0.4, -0.2) is 64.8 Å². The minimum atomic E-state index is -0.248. The molecule has 1 fully saturated rings. The lowest BCUT2D eigenvalue weighted by Gasteiger charge is -2.44. The van der Waals surface area contributed by atoms with Gasteiger partial charge >= 0.3 is 6.09 Å². The molecule has 0 saturated carbocycles. The van der Waals surface area contributed by atoms with Gasteiger partial charge in [0, 0.05) is 31.4 Å². The molecule has 0 bridgehead atoms. The molecule has 28 heavy (non-hydrogen) atoms. The Bertz CT molecular complexity index is 850. The van der Waals surface area contributed by atoms with Crippen molar-refractivity contribution in [2.75, 3.05) is 31.7 Å². The normalized spacial score (nSPS) is 19.8. The maximum Gasteiger partial charge on any atom is 0.410 e. The molecule has 1 aliphatic rings. The summed E-state index contributed by atoms with van der Waals surface area (Å²) < 4.78 is 11.7. The molecule has 2 aromatic heterocycles. The Labute approximate surface area is 173 Å². The minimum absolute atomic E-state index is 0.0125. The van der Waals surface area contributed by atoms with E-state index in [1.54, 1.807) is 24.5 Å². The molecule has 1 amide bonds. The van der Waals surface area contributed by atoms with E-state index in [9.17, 15) is 4.79 Å². The number of unbranched alkanes of at least 4 members (excludes halogenated alkanes) is 1. The Kier molecular flexibility index (Phi) is 6.53. The summed E-state index contributed by atoms with van der Waals surface area (Å²) in [6.07, 6.45) is 4.85. The van der Waals surface area contributed by atoms with E-state index in [-0.39, 0.29) is 18.2 Å². The molecule has 0 aliphatic carbocycles. The van der Waals surface area contributed by atoms with E-state index in [1.807, 2.05) is 6.92 Å². The number of halogens is 1. The molecule has 0 aromatic carbocycles. The number of amides is 1. The van der Waals surface area contributed by atoms with Crippen molar-refractivity contribution < 1.29 is 14.3 Å². The summed E-state index contributed by atoms with van der Waals surface area (Å²) in [5, 5.41) is 0.761. The highest BCUT2D eigenvalue weighted by atomic mass is 79.9. The van der Waals surface area contributed by atoms with Crippen molar-refractivity contribution >= 4 is 38.7 Å². The minimum Gasteiger partial charge on any atom is -0.480 e. The van der Waals surface area contributed by atoms with Crippen LogP contribution in [0.3, 0.4) is 0 Å². The highest BCUT2D eigenvalue weighted by Crippen LogP contribution is 2.35. The van der Waals surface area contributed by atoms with Crippen LogP contribution in [0, 0.1) is 0 Å². The number of hydrogen-bond donors (Lipinski definition) is 0. The maximum absolute atomic E-state index is 12.5. The first kappa shape index (κ1) is 20.6. The van der Waals surface area contributed by atoms with Gasteiger partial charge < -0.3 is 19.3 Å². The number of fused-ring (bicyclic) bond motifs is 1. The Morgan fingerprint density at radius 1 is 1.25 bits per heavy atom. The van der Waals surface area contributed by atoms with Crippen molar-refractivity contribution in [3.8, 4) is 5.88 Å². The number of piperazine rings is 1. The van der Waals surface area contributed by atoms with Gasteiger partial charge in [0.2, 0.25) is 5.88 Å². The van der Waals surface area contributed by atoms with Crippen LogP contribution in [0.5, 0.6) is 5.88 Å². The van der Waals surface area contributed by atoms with Gasteiger partial charge in [-0.15, -0.1) is 0 Å². The van der Waals surface area contributed by atoms with E-state index in [0.717, 1.165) is 34.0 Å². The summed E-state index contributed by atoms with van der Waals surface area (Å²) in [5.41, 5.74) is 0.748. The highest BCUT2D eigenvalue weighted by molar-refractivity contribution is 9.10. The number of carbonyl (C=O) groups excluding carboxylic acids is 1. The summed E-state index contributed by atoms with van der Waals surface area (Å²) in [5.74, 6) is 1.24. The molecule has 0 radical (unpaired) electrons.